The van der Waals surface area contributed by atoms with Gasteiger partial charge in [0, 0.05) is 17.3 Å². The Morgan fingerprint density at radius 1 is 1.14 bits per heavy atom. The molecule has 110 valence electrons. The third-order valence-electron chi connectivity index (χ3n) is 2.96. The average molecular weight is 310 g/mol. The van der Waals surface area contributed by atoms with Gasteiger partial charge in [-0.05, 0) is 31.2 Å². The second-order valence-corrected chi connectivity index (χ2v) is 5.58. The van der Waals surface area contributed by atoms with Crippen molar-refractivity contribution in [1.29, 1.82) is 0 Å². The summed E-state index contributed by atoms with van der Waals surface area (Å²) in [5.41, 5.74) is 3.12. The summed E-state index contributed by atoms with van der Waals surface area (Å²) in [6.45, 7) is 2.00. The SMILES string of the molecule is Cc1ccc(NC(=O)c2csc(Nc3cccnc3)n2)cc1. The van der Waals surface area contributed by atoms with E-state index in [4.69, 9.17) is 0 Å². The predicted octanol–water partition coefficient (Wildman–Crippen LogP) is 3.84. The predicted molar refractivity (Wildman–Crippen MR) is 88.8 cm³/mol. The topological polar surface area (TPSA) is 66.9 Å². The molecule has 6 heteroatoms. The molecular formula is C16H14N4OS. The Bertz CT molecular complexity index is 768. The molecule has 0 radical (unpaired) electrons. The van der Waals surface area contributed by atoms with Crippen LogP contribution < -0.4 is 10.6 Å². The van der Waals surface area contributed by atoms with Crippen LogP contribution in [0.1, 0.15) is 16.1 Å². The molecular weight excluding hydrogens is 296 g/mol. The highest BCUT2D eigenvalue weighted by Crippen LogP contribution is 2.21. The maximum atomic E-state index is 12.2. The number of thiazole rings is 1. The Hall–Kier alpha value is -2.73. The first-order chi connectivity index (χ1) is 10.7. The molecule has 0 saturated carbocycles. The quantitative estimate of drug-likeness (QED) is 0.768. The molecule has 2 N–H and O–H groups in total. The Balaban J connectivity index is 1.67. The van der Waals surface area contributed by atoms with E-state index in [1.807, 2.05) is 43.3 Å². The van der Waals surface area contributed by atoms with E-state index in [-0.39, 0.29) is 5.91 Å². The van der Waals surface area contributed by atoms with Crippen LogP contribution in [0.15, 0.2) is 54.2 Å². The van der Waals surface area contributed by atoms with E-state index >= 15 is 0 Å². The fourth-order valence-corrected chi connectivity index (χ4v) is 2.54. The number of benzene rings is 1. The van der Waals surface area contributed by atoms with E-state index < -0.39 is 0 Å². The second-order valence-electron chi connectivity index (χ2n) is 4.72. The zero-order valence-corrected chi connectivity index (χ0v) is 12.7. The number of nitrogens with zero attached hydrogens (tertiary/aromatic N) is 2. The van der Waals surface area contributed by atoms with Gasteiger partial charge in [-0.25, -0.2) is 4.98 Å². The Labute approximate surface area is 132 Å². The zero-order chi connectivity index (χ0) is 15.4. The van der Waals surface area contributed by atoms with Gasteiger partial charge in [0.05, 0.1) is 11.9 Å². The van der Waals surface area contributed by atoms with Gasteiger partial charge in [0.25, 0.3) is 5.91 Å². The van der Waals surface area contributed by atoms with Gasteiger partial charge >= 0.3 is 0 Å². The highest BCUT2D eigenvalue weighted by molar-refractivity contribution is 7.14. The largest absolute Gasteiger partial charge is 0.330 e. The molecule has 3 aromatic rings. The summed E-state index contributed by atoms with van der Waals surface area (Å²) in [4.78, 5) is 20.5. The molecule has 1 amide bonds. The van der Waals surface area contributed by atoms with Crippen molar-refractivity contribution in [3.05, 3.63) is 65.4 Å². The van der Waals surface area contributed by atoms with Crippen LogP contribution in [-0.4, -0.2) is 15.9 Å². The fraction of sp³-hybridized carbons (Fsp3) is 0.0625. The van der Waals surface area contributed by atoms with Gasteiger partial charge in [-0.1, -0.05) is 17.7 Å². The highest BCUT2D eigenvalue weighted by Gasteiger charge is 2.11. The first-order valence-corrected chi connectivity index (χ1v) is 7.59. The molecule has 1 aromatic carbocycles. The van der Waals surface area contributed by atoms with Crippen LogP contribution in [0.5, 0.6) is 0 Å². The van der Waals surface area contributed by atoms with Crippen LogP contribution in [-0.2, 0) is 0 Å². The minimum absolute atomic E-state index is 0.223. The molecule has 0 atom stereocenters. The molecule has 0 aliphatic heterocycles. The molecule has 3 rings (SSSR count). The van der Waals surface area contributed by atoms with E-state index in [9.17, 15) is 4.79 Å². The number of carbonyl (C=O) groups excluding carboxylic acids is 1. The van der Waals surface area contributed by atoms with Crippen LogP contribution >= 0.6 is 11.3 Å². The number of amides is 1. The number of aromatic nitrogens is 2. The zero-order valence-electron chi connectivity index (χ0n) is 11.9. The smallest absolute Gasteiger partial charge is 0.275 e. The van der Waals surface area contributed by atoms with Gasteiger partial charge < -0.3 is 10.6 Å². The molecule has 0 fully saturated rings. The minimum atomic E-state index is -0.223. The number of carbonyl (C=O) groups is 1. The van der Waals surface area contributed by atoms with E-state index in [1.54, 1.807) is 17.8 Å². The summed E-state index contributed by atoms with van der Waals surface area (Å²) < 4.78 is 0. The monoisotopic (exact) mass is 310 g/mol. The van der Waals surface area contributed by atoms with E-state index in [2.05, 4.69) is 20.6 Å². The lowest BCUT2D eigenvalue weighted by atomic mass is 10.2. The van der Waals surface area contributed by atoms with Crippen LogP contribution in [0, 0.1) is 6.92 Å². The van der Waals surface area contributed by atoms with Crippen molar-refractivity contribution in [2.45, 2.75) is 6.92 Å². The molecule has 0 aliphatic rings. The van der Waals surface area contributed by atoms with Crippen LogP contribution in [0.3, 0.4) is 0 Å². The van der Waals surface area contributed by atoms with Gasteiger partial charge in [-0.3, -0.25) is 9.78 Å². The maximum absolute atomic E-state index is 12.2. The summed E-state index contributed by atoms with van der Waals surface area (Å²) in [7, 11) is 0. The molecule has 0 aliphatic carbocycles. The van der Waals surface area contributed by atoms with Gasteiger partial charge in [0.1, 0.15) is 5.69 Å². The number of rotatable bonds is 4. The normalized spacial score (nSPS) is 10.2. The molecule has 2 aromatic heterocycles. The summed E-state index contributed by atoms with van der Waals surface area (Å²) in [6, 6.07) is 11.4. The summed E-state index contributed by atoms with van der Waals surface area (Å²) in [5.74, 6) is -0.223. The third kappa shape index (κ3) is 3.48. The van der Waals surface area contributed by atoms with Crippen molar-refractivity contribution in [2.24, 2.45) is 0 Å². The van der Waals surface area contributed by atoms with Crippen LogP contribution in [0.4, 0.5) is 16.5 Å². The minimum Gasteiger partial charge on any atom is -0.330 e. The summed E-state index contributed by atoms with van der Waals surface area (Å²) >= 11 is 1.37. The van der Waals surface area contributed by atoms with Gasteiger partial charge in [0.15, 0.2) is 5.13 Å². The van der Waals surface area contributed by atoms with E-state index in [1.165, 1.54) is 11.3 Å². The third-order valence-corrected chi connectivity index (χ3v) is 3.72. The number of aryl methyl sites for hydroxylation is 1. The second kappa shape index (κ2) is 6.36. The number of nitrogens with one attached hydrogen (secondary N) is 2. The Morgan fingerprint density at radius 3 is 2.68 bits per heavy atom. The molecule has 22 heavy (non-hydrogen) atoms. The molecule has 0 unspecified atom stereocenters. The van der Waals surface area contributed by atoms with E-state index in [0.29, 0.717) is 10.8 Å². The molecule has 0 spiro atoms. The lowest BCUT2D eigenvalue weighted by Gasteiger charge is -2.03. The summed E-state index contributed by atoms with van der Waals surface area (Å²) in [6.07, 6.45) is 3.40. The lowest BCUT2D eigenvalue weighted by molar-refractivity contribution is 0.102. The molecule has 5 nitrogen and oxygen atoms in total. The summed E-state index contributed by atoms with van der Waals surface area (Å²) in [5, 5.41) is 8.32. The highest BCUT2D eigenvalue weighted by atomic mass is 32.1. The lowest BCUT2D eigenvalue weighted by Crippen LogP contribution is -2.12. The van der Waals surface area contributed by atoms with Crippen molar-refractivity contribution in [1.82, 2.24) is 9.97 Å². The van der Waals surface area contributed by atoms with Gasteiger partial charge in [-0.2, -0.15) is 0 Å². The first kappa shape index (κ1) is 14.2. The molecule has 2 heterocycles. The van der Waals surface area contributed by atoms with Crippen molar-refractivity contribution in [3.63, 3.8) is 0 Å². The average Bonchev–Trinajstić information content (AvgIpc) is 2.99. The van der Waals surface area contributed by atoms with Gasteiger partial charge in [0.2, 0.25) is 0 Å². The van der Waals surface area contributed by atoms with Crippen molar-refractivity contribution < 1.29 is 4.79 Å². The number of pyridine rings is 1. The van der Waals surface area contributed by atoms with Crippen molar-refractivity contribution in [3.8, 4) is 0 Å². The standard InChI is InChI=1S/C16H14N4OS/c1-11-4-6-12(7-5-11)18-15(21)14-10-22-16(20-14)19-13-3-2-8-17-9-13/h2-10H,1H3,(H,18,21)(H,19,20). The van der Waals surface area contributed by atoms with Crippen molar-refractivity contribution >= 4 is 33.8 Å². The van der Waals surface area contributed by atoms with Crippen LogP contribution in [0.2, 0.25) is 0 Å². The fourth-order valence-electron chi connectivity index (χ4n) is 1.83. The van der Waals surface area contributed by atoms with Crippen molar-refractivity contribution in [2.75, 3.05) is 10.6 Å². The van der Waals surface area contributed by atoms with E-state index in [0.717, 1.165) is 16.9 Å². The Kier molecular flexibility index (Phi) is 4.11. The number of anilines is 3. The number of hydrogen-bond donors (Lipinski definition) is 2. The Morgan fingerprint density at radius 2 is 1.95 bits per heavy atom. The van der Waals surface area contributed by atoms with Crippen LogP contribution in [0.25, 0.3) is 0 Å². The maximum Gasteiger partial charge on any atom is 0.275 e. The molecule has 0 saturated heterocycles. The molecule has 0 bridgehead atoms. The number of hydrogen-bond acceptors (Lipinski definition) is 5. The first-order valence-electron chi connectivity index (χ1n) is 6.71. The van der Waals surface area contributed by atoms with Gasteiger partial charge in [-0.15, -0.1) is 11.3 Å².